The zero-order chi connectivity index (χ0) is 19.9. The first-order chi connectivity index (χ1) is 13.6. The minimum absolute atomic E-state index is 0.135. The molecule has 6 nitrogen and oxygen atoms in total. The largest absolute Gasteiger partial charge is 0.481 e. The van der Waals surface area contributed by atoms with Crippen LogP contribution in [0, 0.1) is 0 Å². The number of nitrogens with zero attached hydrogens (tertiary/aromatic N) is 1. The summed E-state index contributed by atoms with van der Waals surface area (Å²) < 4.78 is 5.31. The van der Waals surface area contributed by atoms with Crippen LogP contribution in [0.2, 0.25) is 0 Å². The Morgan fingerprint density at radius 3 is 2.36 bits per heavy atom. The van der Waals surface area contributed by atoms with Crippen molar-refractivity contribution in [2.75, 3.05) is 12.4 Å². The standard InChI is InChI=1S/C21H20N2O4S/c1-2-27-20(26)17-18(14-9-5-3-6-10-14)22-21(28-13-16(24)25)23-19(17)15-11-7-4-8-12-15/h3-12,18H,2,13H2,1H3,(H,22,23)(H,24,25)/t18-/m1/s1. The Hall–Kier alpha value is -3.06. The van der Waals surface area contributed by atoms with Crippen molar-refractivity contribution in [2.45, 2.75) is 13.0 Å². The molecule has 0 amide bonds. The summed E-state index contributed by atoms with van der Waals surface area (Å²) in [5, 5.41) is 12.6. The predicted octanol–water partition coefficient (Wildman–Crippen LogP) is 3.48. The van der Waals surface area contributed by atoms with E-state index in [9.17, 15) is 9.59 Å². The smallest absolute Gasteiger partial charge is 0.338 e. The minimum Gasteiger partial charge on any atom is -0.481 e. The number of carbonyl (C=O) groups is 2. The van der Waals surface area contributed by atoms with Crippen LogP contribution in [0.3, 0.4) is 0 Å². The van der Waals surface area contributed by atoms with Crippen molar-refractivity contribution >= 4 is 34.6 Å². The number of amidine groups is 1. The average molecular weight is 396 g/mol. The Balaban J connectivity index is 2.12. The predicted molar refractivity (Wildman–Crippen MR) is 110 cm³/mol. The third-order valence-electron chi connectivity index (χ3n) is 4.03. The lowest BCUT2D eigenvalue weighted by molar-refractivity contribution is -0.139. The fraction of sp³-hybridized carbons (Fsp3) is 0.190. The molecule has 2 N–H and O–H groups in total. The number of ether oxygens (including phenoxy) is 1. The van der Waals surface area contributed by atoms with Gasteiger partial charge < -0.3 is 15.2 Å². The maximum Gasteiger partial charge on any atom is 0.338 e. The third-order valence-corrected chi connectivity index (χ3v) is 4.90. The van der Waals surface area contributed by atoms with E-state index in [2.05, 4.69) is 10.3 Å². The number of esters is 1. The van der Waals surface area contributed by atoms with Crippen molar-refractivity contribution < 1.29 is 19.4 Å². The molecule has 1 heterocycles. The van der Waals surface area contributed by atoms with E-state index in [-0.39, 0.29) is 12.4 Å². The number of thioether (sulfide) groups is 1. The van der Waals surface area contributed by atoms with Gasteiger partial charge in [0.15, 0.2) is 5.17 Å². The van der Waals surface area contributed by atoms with Gasteiger partial charge in [-0.1, -0.05) is 72.4 Å². The van der Waals surface area contributed by atoms with Crippen LogP contribution in [0.4, 0.5) is 0 Å². The number of carboxylic acids is 1. The summed E-state index contributed by atoms with van der Waals surface area (Å²) in [4.78, 5) is 28.5. The second-order valence-electron chi connectivity index (χ2n) is 5.93. The summed E-state index contributed by atoms with van der Waals surface area (Å²) in [5.41, 5.74) is 2.61. The zero-order valence-electron chi connectivity index (χ0n) is 15.3. The van der Waals surface area contributed by atoms with Gasteiger partial charge in [-0.15, -0.1) is 0 Å². The summed E-state index contributed by atoms with van der Waals surface area (Å²) in [6.07, 6.45) is 0. The van der Waals surface area contributed by atoms with Gasteiger partial charge in [0.2, 0.25) is 0 Å². The SMILES string of the molecule is CCOC(=O)C1=C(c2ccccc2)NC(SCC(=O)O)=N[C@@H]1c1ccccc1. The van der Waals surface area contributed by atoms with Crippen LogP contribution in [0.1, 0.15) is 24.1 Å². The number of benzene rings is 2. The number of aliphatic carboxylic acids is 1. The molecule has 144 valence electrons. The molecule has 0 unspecified atom stereocenters. The highest BCUT2D eigenvalue weighted by Gasteiger charge is 2.32. The van der Waals surface area contributed by atoms with Crippen LogP contribution in [0.15, 0.2) is 71.2 Å². The monoisotopic (exact) mass is 396 g/mol. The first-order valence-corrected chi connectivity index (χ1v) is 9.79. The van der Waals surface area contributed by atoms with Crippen LogP contribution < -0.4 is 5.32 Å². The maximum absolute atomic E-state index is 12.8. The molecule has 2 aromatic rings. The zero-order valence-corrected chi connectivity index (χ0v) is 16.1. The van der Waals surface area contributed by atoms with Crippen LogP contribution in [0.5, 0.6) is 0 Å². The Morgan fingerprint density at radius 1 is 1.11 bits per heavy atom. The van der Waals surface area contributed by atoms with E-state index in [1.807, 2.05) is 60.7 Å². The van der Waals surface area contributed by atoms with Gasteiger partial charge in [0, 0.05) is 0 Å². The Kier molecular flexibility index (Phi) is 6.49. The first kappa shape index (κ1) is 19.7. The molecule has 7 heteroatoms. The van der Waals surface area contributed by atoms with Gasteiger partial charge in [0.1, 0.15) is 6.04 Å². The van der Waals surface area contributed by atoms with Crippen LogP contribution in [-0.4, -0.2) is 34.6 Å². The highest BCUT2D eigenvalue weighted by Crippen LogP contribution is 2.36. The molecule has 0 aliphatic carbocycles. The van der Waals surface area contributed by atoms with Gasteiger partial charge in [-0.05, 0) is 18.1 Å². The van der Waals surface area contributed by atoms with E-state index in [0.29, 0.717) is 16.4 Å². The Morgan fingerprint density at radius 2 is 1.75 bits per heavy atom. The molecule has 1 aliphatic heterocycles. The van der Waals surface area contributed by atoms with Crippen molar-refractivity contribution in [1.29, 1.82) is 0 Å². The average Bonchev–Trinajstić information content (AvgIpc) is 2.73. The van der Waals surface area contributed by atoms with Crippen LogP contribution >= 0.6 is 11.8 Å². The molecular weight excluding hydrogens is 376 g/mol. The number of carbonyl (C=O) groups excluding carboxylic acids is 1. The number of nitrogens with one attached hydrogen (secondary N) is 1. The minimum atomic E-state index is -0.938. The summed E-state index contributed by atoms with van der Waals surface area (Å²) in [5.74, 6) is -1.52. The van der Waals surface area contributed by atoms with E-state index in [1.54, 1.807) is 6.92 Å². The molecule has 0 radical (unpaired) electrons. The first-order valence-electron chi connectivity index (χ1n) is 8.81. The van der Waals surface area contributed by atoms with E-state index in [1.165, 1.54) is 0 Å². The van der Waals surface area contributed by atoms with Gasteiger partial charge in [-0.25, -0.2) is 9.79 Å². The topological polar surface area (TPSA) is 88.0 Å². The second kappa shape index (κ2) is 9.23. The van der Waals surface area contributed by atoms with Crippen molar-refractivity contribution in [3.8, 4) is 0 Å². The number of aliphatic imine (C=N–C) groups is 1. The number of hydrogen-bond donors (Lipinski definition) is 2. The fourth-order valence-corrected chi connectivity index (χ4v) is 3.47. The van der Waals surface area contributed by atoms with Crippen molar-refractivity contribution in [2.24, 2.45) is 4.99 Å². The lowest BCUT2D eigenvalue weighted by atomic mass is 9.94. The van der Waals surface area contributed by atoms with E-state index in [4.69, 9.17) is 9.84 Å². The summed E-state index contributed by atoms with van der Waals surface area (Å²) in [7, 11) is 0. The molecule has 0 saturated carbocycles. The van der Waals surface area contributed by atoms with Gasteiger partial charge in [-0.3, -0.25) is 4.79 Å². The quantitative estimate of drug-likeness (QED) is 0.727. The molecule has 0 saturated heterocycles. The van der Waals surface area contributed by atoms with E-state index < -0.39 is 18.0 Å². The summed E-state index contributed by atoms with van der Waals surface area (Å²) >= 11 is 1.08. The fourth-order valence-electron chi connectivity index (χ4n) is 2.86. The summed E-state index contributed by atoms with van der Waals surface area (Å²) in [6.45, 7) is 2.00. The molecular formula is C21H20N2O4S. The van der Waals surface area contributed by atoms with E-state index in [0.717, 1.165) is 22.9 Å². The number of carboxylic acid groups (broad SMARTS) is 1. The molecule has 1 aliphatic rings. The molecule has 28 heavy (non-hydrogen) atoms. The van der Waals surface area contributed by atoms with Gasteiger partial charge in [0.05, 0.1) is 23.6 Å². The molecule has 0 fully saturated rings. The van der Waals surface area contributed by atoms with Crippen molar-refractivity contribution in [1.82, 2.24) is 5.32 Å². The van der Waals surface area contributed by atoms with E-state index >= 15 is 0 Å². The summed E-state index contributed by atoms with van der Waals surface area (Å²) in [6, 6.07) is 18.2. The second-order valence-corrected chi connectivity index (χ2v) is 6.89. The molecule has 0 bridgehead atoms. The molecule has 0 aromatic heterocycles. The van der Waals surface area contributed by atoms with Gasteiger partial charge in [0.25, 0.3) is 0 Å². The molecule has 3 rings (SSSR count). The molecule has 1 atom stereocenters. The number of hydrogen-bond acceptors (Lipinski definition) is 6. The maximum atomic E-state index is 12.8. The van der Waals surface area contributed by atoms with Gasteiger partial charge in [-0.2, -0.15) is 0 Å². The highest BCUT2D eigenvalue weighted by atomic mass is 32.2. The van der Waals surface area contributed by atoms with Crippen molar-refractivity contribution in [3.63, 3.8) is 0 Å². The Labute approximate surface area is 167 Å². The Bertz CT molecular complexity index is 911. The van der Waals surface area contributed by atoms with Gasteiger partial charge >= 0.3 is 11.9 Å². The lowest BCUT2D eigenvalue weighted by Crippen LogP contribution is -2.31. The van der Waals surface area contributed by atoms with Crippen LogP contribution in [-0.2, 0) is 14.3 Å². The lowest BCUT2D eigenvalue weighted by Gasteiger charge is -2.27. The molecule has 2 aromatic carbocycles. The normalized spacial score (nSPS) is 16.2. The van der Waals surface area contributed by atoms with Crippen LogP contribution in [0.25, 0.3) is 5.70 Å². The van der Waals surface area contributed by atoms with Crippen molar-refractivity contribution in [3.05, 3.63) is 77.4 Å². The highest BCUT2D eigenvalue weighted by molar-refractivity contribution is 8.14. The number of rotatable bonds is 6. The molecule has 0 spiro atoms. The third kappa shape index (κ3) is 4.61.